The summed E-state index contributed by atoms with van der Waals surface area (Å²) in [7, 11) is 0. The molecule has 0 radical (unpaired) electrons. The zero-order valence-corrected chi connectivity index (χ0v) is 12.0. The van der Waals surface area contributed by atoms with Crippen molar-refractivity contribution in [2.45, 2.75) is 26.7 Å². The summed E-state index contributed by atoms with van der Waals surface area (Å²) in [5.74, 6) is 0.514. The van der Waals surface area contributed by atoms with E-state index in [1.54, 1.807) is 11.3 Å². The predicted molar refractivity (Wildman–Crippen MR) is 74.1 cm³/mol. The molecule has 0 bridgehead atoms. The van der Waals surface area contributed by atoms with Crippen molar-refractivity contribution in [1.82, 2.24) is 4.98 Å². The van der Waals surface area contributed by atoms with E-state index in [-0.39, 0.29) is 0 Å². The normalized spacial score (nSPS) is 11.1. The van der Waals surface area contributed by atoms with Gasteiger partial charge in [-0.2, -0.15) is 0 Å². The van der Waals surface area contributed by atoms with Crippen LogP contribution in [0.5, 0.6) is 0 Å². The van der Waals surface area contributed by atoms with E-state index >= 15 is 0 Å². The first kappa shape index (κ1) is 11.8. The van der Waals surface area contributed by atoms with Crippen LogP contribution in [0.25, 0.3) is 11.3 Å². The number of hydrogen-bond donors (Lipinski definition) is 0. The summed E-state index contributed by atoms with van der Waals surface area (Å²) in [6.45, 7) is 6.51. The lowest BCUT2D eigenvalue weighted by Gasteiger charge is -2.05. The molecule has 0 saturated carbocycles. The number of nitrogens with zero attached hydrogens (tertiary/aromatic N) is 1. The summed E-state index contributed by atoms with van der Waals surface area (Å²) in [6, 6.07) is 8.55. The number of rotatable bonds is 2. The number of benzene rings is 1. The third-order valence-corrected chi connectivity index (χ3v) is 4.28. The van der Waals surface area contributed by atoms with Gasteiger partial charge in [-0.25, -0.2) is 4.98 Å². The molecule has 2 rings (SSSR count). The van der Waals surface area contributed by atoms with Crippen LogP contribution in [0.2, 0.25) is 0 Å². The average molecular weight is 296 g/mol. The second-order valence-corrected chi connectivity index (χ2v) is 6.51. The van der Waals surface area contributed by atoms with Gasteiger partial charge < -0.3 is 0 Å². The Morgan fingerprint density at radius 1 is 1.19 bits per heavy atom. The Bertz CT molecular complexity index is 485. The molecule has 0 atom stereocenters. The lowest BCUT2D eigenvalue weighted by atomic mass is 10.0. The Labute approximate surface area is 109 Å². The molecule has 0 aliphatic carbocycles. The van der Waals surface area contributed by atoms with E-state index in [4.69, 9.17) is 0 Å². The molecule has 1 nitrogen and oxygen atoms in total. The topological polar surface area (TPSA) is 12.9 Å². The smallest absolute Gasteiger partial charge is 0.160 e. The van der Waals surface area contributed by atoms with E-state index < -0.39 is 0 Å². The van der Waals surface area contributed by atoms with Crippen LogP contribution < -0.4 is 0 Å². The number of aryl methyl sites for hydroxylation is 1. The predicted octanol–water partition coefficient (Wildman–Crippen LogP) is 5.00. The molecule has 1 aromatic carbocycles. The Hall–Kier alpha value is -0.670. The second-order valence-electron chi connectivity index (χ2n) is 4.20. The molecule has 0 saturated heterocycles. The highest BCUT2D eigenvalue weighted by Crippen LogP contribution is 2.35. The summed E-state index contributed by atoms with van der Waals surface area (Å²) in [5.41, 5.74) is 3.60. The Morgan fingerprint density at radius 2 is 1.81 bits per heavy atom. The second kappa shape index (κ2) is 4.68. The van der Waals surface area contributed by atoms with Gasteiger partial charge in [-0.05, 0) is 28.8 Å². The van der Waals surface area contributed by atoms with E-state index in [1.807, 2.05) is 0 Å². The van der Waals surface area contributed by atoms with Gasteiger partial charge in [0.25, 0.3) is 0 Å². The van der Waals surface area contributed by atoms with Crippen molar-refractivity contribution < 1.29 is 0 Å². The average Bonchev–Trinajstić information content (AvgIpc) is 2.61. The van der Waals surface area contributed by atoms with E-state index in [9.17, 15) is 0 Å². The van der Waals surface area contributed by atoms with Gasteiger partial charge in [0.1, 0.15) is 0 Å². The molecule has 0 spiro atoms. The molecular formula is C13H14BrNS. The summed E-state index contributed by atoms with van der Waals surface area (Å²) >= 11 is 5.20. The highest BCUT2D eigenvalue weighted by Gasteiger charge is 2.14. The largest absolute Gasteiger partial charge is 0.229 e. The highest BCUT2D eigenvalue weighted by molar-refractivity contribution is 9.11. The van der Waals surface area contributed by atoms with Crippen LogP contribution in [0.15, 0.2) is 28.2 Å². The first-order valence-corrected chi connectivity index (χ1v) is 6.92. The Morgan fingerprint density at radius 3 is 2.38 bits per heavy atom. The number of thiazole rings is 1. The SMILES string of the molecule is Cc1ccc(-c2nc(Br)sc2C(C)C)cc1. The van der Waals surface area contributed by atoms with Gasteiger partial charge in [0.15, 0.2) is 3.92 Å². The van der Waals surface area contributed by atoms with Crippen molar-refractivity contribution in [2.24, 2.45) is 0 Å². The Kier molecular flexibility index (Phi) is 3.45. The van der Waals surface area contributed by atoms with Crippen molar-refractivity contribution in [2.75, 3.05) is 0 Å². The van der Waals surface area contributed by atoms with Crippen LogP contribution in [0.3, 0.4) is 0 Å². The lowest BCUT2D eigenvalue weighted by molar-refractivity contribution is 0.888. The van der Waals surface area contributed by atoms with Crippen LogP contribution in [0.1, 0.15) is 30.2 Å². The fraction of sp³-hybridized carbons (Fsp3) is 0.308. The third kappa shape index (κ3) is 2.36. The van der Waals surface area contributed by atoms with Crippen molar-refractivity contribution in [3.05, 3.63) is 38.6 Å². The van der Waals surface area contributed by atoms with Gasteiger partial charge >= 0.3 is 0 Å². The highest BCUT2D eigenvalue weighted by atomic mass is 79.9. The maximum atomic E-state index is 4.57. The lowest BCUT2D eigenvalue weighted by Crippen LogP contribution is -1.88. The maximum Gasteiger partial charge on any atom is 0.160 e. The third-order valence-electron chi connectivity index (χ3n) is 2.48. The van der Waals surface area contributed by atoms with Crippen LogP contribution in [0, 0.1) is 6.92 Å². The fourth-order valence-corrected chi connectivity index (χ4v) is 3.13. The van der Waals surface area contributed by atoms with E-state index in [0.717, 1.165) is 9.61 Å². The van der Waals surface area contributed by atoms with Gasteiger partial charge in [-0.1, -0.05) is 43.7 Å². The molecule has 0 fully saturated rings. The van der Waals surface area contributed by atoms with Gasteiger partial charge in [0.2, 0.25) is 0 Å². The van der Waals surface area contributed by atoms with Crippen molar-refractivity contribution in [3.63, 3.8) is 0 Å². The summed E-state index contributed by atoms with van der Waals surface area (Å²) < 4.78 is 0.965. The molecule has 0 aliphatic heterocycles. The van der Waals surface area contributed by atoms with E-state index in [1.165, 1.54) is 16.0 Å². The minimum atomic E-state index is 0.514. The van der Waals surface area contributed by atoms with Crippen LogP contribution in [-0.2, 0) is 0 Å². The van der Waals surface area contributed by atoms with Crippen molar-refractivity contribution in [3.8, 4) is 11.3 Å². The molecule has 0 unspecified atom stereocenters. The van der Waals surface area contributed by atoms with Crippen LogP contribution in [0.4, 0.5) is 0 Å². The van der Waals surface area contributed by atoms with Crippen molar-refractivity contribution >= 4 is 27.3 Å². The van der Waals surface area contributed by atoms with E-state index in [0.29, 0.717) is 5.92 Å². The Balaban J connectivity index is 2.50. The molecule has 0 N–H and O–H groups in total. The summed E-state index contributed by atoms with van der Waals surface area (Å²) in [6.07, 6.45) is 0. The molecule has 3 heteroatoms. The van der Waals surface area contributed by atoms with Gasteiger partial charge in [0, 0.05) is 10.4 Å². The number of aromatic nitrogens is 1. The molecule has 1 heterocycles. The molecule has 16 heavy (non-hydrogen) atoms. The van der Waals surface area contributed by atoms with Gasteiger partial charge in [-0.15, -0.1) is 11.3 Å². The molecule has 1 aromatic heterocycles. The number of halogens is 1. The zero-order valence-electron chi connectivity index (χ0n) is 9.62. The maximum absolute atomic E-state index is 4.57. The molecule has 2 aromatic rings. The monoisotopic (exact) mass is 295 g/mol. The van der Waals surface area contributed by atoms with Crippen LogP contribution >= 0.6 is 27.3 Å². The first-order valence-electron chi connectivity index (χ1n) is 5.31. The zero-order chi connectivity index (χ0) is 11.7. The quantitative estimate of drug-likeness (QED) is 0.759. The molecular weight excluding hydrogens is 282 g/mol. The fourth-order valence-electron chi connectivity index (χ4n) is 1.61. The van der Waals surface area contributed by atoms with Crippen LogP contribution in [-0.4, -0.2) is 4.98 Å². The minimum absolute atomic E-state index is 0.514. The van der Waals surface area contributed by atoms with Crippen molar-refractivity contribution in [1.29, 1.82) is 0 Å². The van der Waals surface area contributed by atoms with E-state index in [2.05, 4.69) is 66.0 Å². The van der Waals surface area contributed by atoms with Gasteiger partial charge in [0.05, 0.1) is 5.69 Å². The molecule has 0 amide bonds. The summed E-state index contributed by atoms with van der Waals surface area (Å²) in [4.78, 5) is 5.91. The summed E-state index contributed by atoms with van der Waals surface area (Å²) in [5, 5.41) is 0. The molecule has 0 aliphatic rings. The standard InChI is InChI=1S/C13H14BrNS/c1-8(2)12-11(15-13(14)16-12)10-6-4-9(3)5-7-10/h4-8H,1-3H3. The molecule has 84 valence electrons. The van der Waals surface area contributed by atoms with Gasteiger partial charge in [-0.3, -0.25) is 0 Å². The first-order chi connectivity index (χ1) is 7.58. The number of hydrogen-bond acceptors (Lipinski definition) is 2. The minimum Gasteiger partial charge on any atom is -0.229 e.